The van der Waals surface area contributed by atoms with Crippen LogP contribution < -0.4 is 0 Å². The molecule has 1 N–H and O–H groups in total. The molecule has 0 spiro atoms. The Morgan fingerprint density at radius 3 is 3.00 bits per heavy atom. The van der Waals surface area contributed by atoms with E-state index in [1.807, 2.05) is 6.08 Å². The van der Waals surface area contributed by atoms with Gasteiger partial charge in [0, 0.05) is 0 Å². The van der Waals surface area contributed by atoms with Gasteiger partial charge in [-0.15, -0.1) is 6.58 Å². The Labute approximate surface area is 66.6 Å². The molecular formula is C8H14O3. The zero-order valence-corrected chi connectivity index (χ0v) is 6.53. The molecule has 0 bridgehead atoms. The first-order valence-corrected chi connectivity index (χ1v) is 3.83. The minimum absolute atomic E-state index is 0.0698. The highest BCUT2D eigenvalue weighted by molar-refractivity contribution is 4.85. The normalized spacial score (nSPS) is 24.6. The van der Waals surface area contributed by atoms with Crippen LogP contribution >= 0.6 is 0 Å². The van der Waals surface area contributed by atoms with Crippen molar-refractivity contribution < 1.29 is 14.6 Å². The number of aliphatic hydroxyl groups is 1. The molecule has 2 atom stereocenters. The van der Waals surface area contributed by atoms with Gasteiger partial charge in [-0.25, -0.2) is 0 Å². The second-order valence-electron chi connectivity index (χ2n) is 2.53. The summed E-state index contributed by atoms with van der Waals surface area (Å²) in [5, 5.41) is 8.49. The Bertz CT molecular complexity index is 121. The molecule has 11 heavy (non-hydrogen) atoms. The van der Waals surface area contributed by atoms with E-state index >= 15 is 0 Å². The number of hydrogen-bond acceptors (Lipinski definition) is 3. The molecule has 1 rings (SSSR count). The van der Waals surface area contributed by atoms with Crippen LogP contribution in [0.4, 0.5) is 0 Å². The molecule has 1 aliphatic heterocycles. The van der Waals surface area contributed by atoms with E-state index in [9.17, 15) is 0 Å². The second-order valence-corrected chi connectivity index (χ2v) is 2.53. The maximum atomic E-state index is 8.49. The van der Waals surface area contributed by atoms with E-state index in [-0.39, 0.29) is 18.8 Å². The first kappa shape index (κ1) is 8.71. The molecule has 1 saturated heterocycles. The summed E-state index contributed by atoms with van der Waals surface area (Å²) >= 11 is 0. The van der Waals surface area contributed by atoms with Gasteiger partial charge in [-0.1, -0.05) is 6.08 Å². The third kappa shape index (κ3) is 3.01. The molecule has 0 aromatic carbocycles. The van der Waals surface area contributed by atoms with Crippen LogP contribution in [0.1, 0.15) is 6.42 Å². The minimum atomic E-state index is 0.0698. The first-order valence-electron chi connectivity index (χ1n) is 3.83. The summed E-state index contributed by atoms with van der Waals surface area (Å²) in [4.78, 5) is 0. The molecule has 1 heterocycles. The lowest BCUT2D eigenvalue weighted by molar-refractivity contribution is 0.0149. The van der Waals surface area contributed by atoms with E-state index in [1.54, 1.807) is 0 Å². The smallest absolute Gasteiger partial charge is 0.107 e. The van der Waals surface area contributed by atoms with Crippen molar-refractivity contribution in [3.05, 3.63) is 12.7 Å². The monoisotopic (exact) mass is 158 g/mol. The first-order chi connectivity index (χ1) is 5.38. The largest absolute Gasteiger partial charge is 0.394 e. The van der Waals surface area contributed by atoms with Crippen LogP contribution in [0.3, 0.4) is 0 Å². The fourth-order valence-corrected chi connectivity index (χ4v) is 0.966. The lowest BCUT2D eigenvalue weighted by Crippen LogP contribution is -2.20. The van der Waals surface area contributed by atoms with E-state index in [2.05, 4.69) is 6.58 Å². The molecule has 0 aliphatic carbocycles. The van der Waals surface area contributed by atoms with E-state index in [1.165, 1.54) is 0 Å². The van der Waals surface area contributed by atoms with Crippen LogP contribution in [0.25, 0.3) is 0 Å². The highest BCUT2D eigenvalue weighted by Crippen LogP contribution is 2.19. The third-order valence-electron chi connectivity index (χ3n) is 1.60. The van der Waals surface area contributed by atoms with Gasteiger partial charge in [0.2, 0.25) is 0 Å². The van der Waals surface area contributed by atoms with Gasteiger partial charge in [-0.05, 0) is 6.42 Å². The van der Waals surface area contributed by atoms with E-state index in [0.29, 0.717) is 6.61 Å². The summed E-state index contributed by atoms with van der Waals surface area (Å²) in [5.41, 5.74) is 0. The van der Waals surface area contributed by atoms with Crippen LogP contribution in [0.5, 0.6) is 0 Å². The molecule has 0 saturated carbocycles. The summed E-state index contributed by atoms with van der Waals surface area (Å²) in [5.74, 6) is 0. The predicted octanol–water partition coefficient (Wildman–Crippen LogP) is 0.339. The van der Waals surface area contributed by atoms with Gasteiger partial charge >= 0.3 is 0 Å². The average Bonchev–Trinajstić information content (AvgIpc) is 2.80. The predicted molar refractivity (Wildman–Crippen MR) is 41.4 cm³/mol. The van der Waals surface area contributed by atoms with Crippen molar-refractivity contribution in [1.29, 1.82) is 0 Å². The van der Waals surface area contributed by atoms with Crippen molar-refractivity contribution in [2.45, 2.75) is 18.6 Å². The third-order valence-corrected chi connectivity index (χ3v) is 1.60. The Morgan fingerprint density at radius 1 is 1.82 bits per heavy atom. The number of ether oxygens (including phenoxy) is 2. The summed E-state index contributed by atoms with van der Waals surface area (Å²) in [7, 11) is 0. The van der Waals surface area contributed by atoms with Crippen LogP contribution in [0, 0.1) is 0 Å². The lowest BCUT2D eigenvalue weighted by Gasteiger charge is -2.11. The summed E-state index contributed by atoms with van der Waals surface area (Å²) in [6.07, 6.45) is 2.94. The number of epoxide rings is 1. The van der Waals surface area contributed by atoms with Gasteiger partial charge in [0.15, 0.2) is 0 Å². The molecule has 0 radical (unpaired) electrons. The maximum absolute atomic E-state index is 8.49. The molecule has 1 aliphatic rings. The highest BCUT2D eigenvalue weighted by atomic mass is 16.6. The SMILES string of the molecule is C=CCC(OCCO)C1CO1. The number of hydrogen-bond donors (Lipinski definition) is 1. The van der Waals surface area contributed by atoms with E-state index < -0.39 is 0 Å². The van der Waals surface area contributed by atoms with Gasteiger partial charge in [0.05, 0.1) is 25.9 Å². The second kappa shape index (κ2) is 4.49. The van der Waals surface area contributed by atoms with E-state index in [4.69, 9.17) is 14.6 Å². The molecule has 1 fully saturated rings. The average molecular weight is 158 g/mol. The van der Waals surface area contributed by atoms with Crippen molar-refractivity contribution in [2.75, 3.05) is 19.8 Å². The standard InChI is InChI=1S/C8H14O3/c1-2-3-7(8-6-11-8)10-5-4-9/h2,7-9H,1,3-6H2. The van der Waals surface area contributed by atoms with Gasteiger partial charge in [0.1, 0.15) is 6.10 Å². The maximum Gasteiger partial charge on any atom is 0.107 e. The quantitative estimate of drug-likeness (QED) is 0.447. The van der Waals surface area contributed by atoms with Crippen molar-refractivity contribution in [3.8, 4) is 0 Å². The Kier molecular flexibility index (Phi) is 3.56. The van der Waals surface area contributed by atoms with Gasteiger partial charge in [-0.3, -0.25) is 0 Å². The summed E-state index contributed by atoms with van der Waals surface area (Å²) in [6.45, 7) is 4.86. The Morgan fingerprint density at radius 2 is 2.55 bits per heavy atom. The number of aliphatic hydroxyl groups excluding tert-OH is 1. The Hall–Kier alpha value is -0.380. The molecule has 0 amide bonds. The minimum Gasteiger partial charge on any atom is -0.394 e. The van der Waals surface area contributed by atoms with Crippen molar-refractivity contribution >= 4 is 0 Å². The molecule has 3 heteroatoms. The summed E-state index contributed by atoms with van der Waals surface area (Å²) < 4.78 is 10.4. The molecule has 0 aromatic heterocycles. The topological polar surface area (TPSA) is 42.0 Å². The van der Waals surface area contributed by atoms with Crippen molar-refractivity contribution in [2.24, 2.45) is 0 Å². The molecule has 3 nitrogen and oxygen atoms in total. The molecule has 64 valence electrons. The van der Waals surface area contributed by atoms with Crippen LogP contribution in [-0.2, 0) is 9.47 Å². The van der Waals surface area contributed by atoms with Crippen molar-refractivity contribution in [3.63, 3.8) is 0 Å². The fourth-order valence-electron chi connectivity index (χ4n) is 0.966. The fraction of sp³-hybridized carbons (Fsp3) is 0.750. The van der Waals surface area contributed by atoms with Crippen LogP contribution in [0.15, 0.2) is 12.7 Å². The number of rotatable bonds is 6. The molecule has 0 aromatic rings. The van der Waals surface area contributed by atoms with Gasteiger partial charge in [-0.2, -0.15) is 0 Å². The highest BCUT2D eigenvalue weighted by Gasteiger charge is 2.32. The van der Waals surface area contributed by atoms with Gasteiger partial charge < -0.3 is 14.6 Å². The van der Waals surface area contributed by atoms with Crippen LogP contribution in [-0.4, -0.2) is 37.1 Å². The molecule has 2 unspecified atom stereocenters. The lowest BCUT2D eigenvalue weighted by atomic mass is 10.2. The zero-order valence-electron chi connectivity index (χ0n) is 6.53. The van der Waals surface area contributed by atoms with Crippen molar-refractivity contribution in [1.82, 2.24) is 0 Å². The zero-order chi connectivity index (χ0) is 8.10. The Balaban J connectivity index is 2.15. The van der Waals surface area contributed by atoms with E-state index in [0.717, 1.165) is 13.0 Å². The molecular weight excluding hydrogens is 144 g/mol. The summed E-state index contributed by atoms with van der Waals surface area (Å²) in [6, 6.07) is 0. The van der Waals surface area contributed by atoms with Gasteiger partial charge in [0.25, 0.3) is 0 Å². The van der Waals surface area contributed by atoms with Crippen LogP contribution in [0.2, 0.25) is 0 Å².